The van der Waals surface area contributed by atoms with Crippen LogP contribution in [0.2, 0.25) is 5.02 Å². The molecule has 0 spiro atoms. The average molecular weight is 300 g/mol. The van der Waals surface area contributed by atoms with E-state index >= 15 is 0 Å². The zero-order valence-corrected chi connectivity index (χ0v) is 12.8. The molecule has 21 heavy (non-hydrogen) atoms. The Kier molecular flexibility index (Phi) is 3.95. The van der Waals surface area contributed by atoms with Gasteiger partial charge in [0, 0.05) is 18.2 Å². The molecule has 0 unspecified atom stereocenters. The first-order valence-electron chi connectivity index (χ1n) is 7.19. The van der Waals surface area contributed by atoms with E-state index < -0.39 is 0 Å². The first kappa shape index (κ1) is 14.1. The SMILES string of the molecule is CCc1ccc(-c2nc3c(Cl)cccn3c2CCN)cc1. The van der Waals surface area contributed by atoms with Gasteiger partial charge < -0.3 is 10.1 Å². The molecule has 2 aromatic heterocycles. The predicted molar refractivity (Wildman–Crippen MR) is 87.8 cm³/mol. The Hall–Kier alpha value is -1.84. The molecule has 2 heterocycles. The smallest absolute Gasteiger partial charge is 0.156 e. The third kappa shape index (κ3) is 2.55. The lowest BCUT2D eigenvalue weighted by Crippen LogP contribution is -2.06. The van der Waals surface area contributed by atoms with Crippen LogP contribution in [0.5, 0.6) is 0 Å². The summed E-state index contributed by atoms with van der Waals surface area (Å²) in [4.78, 5) is 4.73. The van der Waals surface area contributed by atoms with Gasteiger partial charge in [0.1, 0.15) is 0 Å². The lowest BCUT2D eigenvalue weighted by Gasteiger charge is -2.05. The number of benzene rings is 1. The van der Waals surface area contributed by atoms with Crippen LogP contribution in [0, 0.1) is 0 Å². The van der Waals surface area contributed by atoms with Crippen molar-refractivity contribution in [3.63, 3.8) is 0 Å². The van der Waals surface area contributed by atoms with Crippen molar-refractivity contribution in [3.05, 3.63) is 58.9 Å². The number of nitrogens with two attached hydrogens (primary N) is 1. The lowest BCUT2D eigenvalue weighted by atomic mass is 10.1. The number of aryl methyl sites for hydroxylation is 1. The number of halogens is 1. The Labute approximate surface area is 129 Å². The molecule has 2 N–H and O–H groups in total. The van der Waals surface area contributed by atoms with E-state index in [9.17, 15) is 0 Å². The average Bonchev–Trinajstić information content (AvgIpc) is 2.88. The Morgan fingerprint density at radius 3 is 2.62 bits per heavy atom. The van der Waals surface area contributed by atoms with Crippen LogP contribution in [0.3, 0.4) is 0 Å². The monoisotopic (exact) mass is 299 g/mol. The lowest BCUT2D eigenvalue weighted by molar-refractivity contribution is 0.907. The number of pyridine rings is 1. The Bertz CT molecular complexity index is 760. The molecule has 4 heteroatoms. The van der Waals surface area contributed by atoms with Gasteiger partial charge in [-0.15, -0.1) is 0 Å². The number of fused-ring (bicyclic) bond motifs is 1. The van der Waals surface area contributed by atoms with Crippen molar-refractivity contribution in [2.24, 2.45) is 5.73 Å². The van der Waals surface area contributed by atoms with Crippen LogP contribution in [-0.4, -0.2) is 15.9 Å². The van der Waals surface area contributed by atoms with Crippen LogP contribution in [0.15, 0.2) is 42.6 Å². The van der Waals surface area contributed by atoms with Gasteiger partial charge in [-0.3, -0.25) is 0 Å². The summed E-state index contributed by atoms with van der Waals surface area (Å²) in [6.45, 7) is 2.74. The fourth-order valence-electron chi connectivity index (χ4n) is 2.59. The summed E-state index contributed by atoms with van der Waals surface area (Å²) in [5, 5.41) is 0.659. The van der Waals surface area contributed by atoms with Crippen molar-refractivity contribution in [1.82, 2.24) is 9.38 Å². The van der Waals surface area contributed by atoms with Crippen molar-refractivity contribution in [2.75, 3.05) is 6.54 Å². The minimum Gasteiger partial charge on any atom is -0.330 e. The number of hydrogen-bond acceptors (Lipinski definition) is 2. The van der Waals surface area contributed by atoms with Gasteiger partial charge in [0.25, 0.3) is 0 Å². The van der Waals surface area contributed by atoms with Crippen molar-refractivity contribution in [3.8, 4) is 11.3 Å². The molecular formula is C17H18ClN3. The second-order valence-electron chi connectivity index (χ2n) is 5.05. The molecule has 0 fully saturated rings. The number of hydrogen-bond donors (Lipinski definition) is 1. The summed E-state index contributed by atoms with van der Waals surface area (Å²) in [6, 6.07) is 12.3. The largest absolute Gasteiger partial charge is 0.330 e. The number of nitrogens with zero attached hydrogens (tertiary/aromatic N) is 2. The minimum atomic E-state index is 0.584. The quantitative estimate of drug-likeness (QED) is 0.798. The second kappa shape index (κ2) is 5.88. The summed E-state index contributed by atoms with van der Waals surface area (Å²) in [5.41, 5.74) is 11.1. The van der Waals surface area contributed by atoms with E-state index in [1.807, 2.05) is 22.7 Å². The summed E-state index contributed by atoms with van der Waals surface area (Å²) >= 11 is 6.26. The van der Waals surface area contributed by atoms with Gasteiger partial charge in [-0.25, -0.2) is 4.98 Å². The first-order chi connectivity index (χ1) is 10.2. The highest BCUT2D eigenvalue weighted by molar-refractivity contribution is 6.33. The highest BCUT2D eigenvalue weighted by Crippen LogP contribution is 2.28. The zero-order valence-electron chi connectivity index (χ0n) is 12.0. The summed E-state index contributed by atoms with van der Waals surface area (Å²) in [5.74, 6) is 0. The Morgan fingerprint density at radius 2 is 1.95 bits per heavy atom. The number of rotatable bonds is 4. The van der Waals surface area contributed by atoms with Crippen LogP contribution in [0.1, 0.15) is 18.2 Å². The van der Waals surface area contributed by atoms with Gasteiger partial charge in [-0.1, -0.05) is 42.8 Å². The fraction of sp³-hybridized carbons (Fsp3) is 0.235. The predicted octanol–water partition coefficient (Wildman–Crippen LogP) is 3.72. The molecule has 0 aliphatic carbocycles. The maximum absolute atomic E-state index is 6.26. The summed E-state index contributed by atoms with van der Waals surface area (Å²) < 4.78 is 2.04. The van der Waals surface area contributed by atoms with E-state index in [-0.39, 0.29) is 0 Å². The normalized spacial score (nSPS) is 11.2. The molecule has 0 bridgehead atoms. The van der Waals surface area contributed by atoms with Gasteiger partial charge in [0.05, 0.1) is 16.4 Å². The van der Waals surface area contributed by atoms with Crippen molar-refractivity contribution < 1.29 is 0 Å². The zero-order chi connectivity index (χ0) is 14.8. The van der Waals surface area contributed by atoms with E-state index in [0.29, 0.717) is 11.6 Å². The summed E-state index contributed by atoms with van der Waals surface area (Å²) in [7, 11) is 0. The summed E-state index contributed by atoms with van der Waals surface area (Å²) in [6.07, 6.45) is 3.79. The van der Waals surface area contributed by atoms with Crippen LogP contribution in [0.4, 0.5) is 0 Å². The molecule has 0 saturated heterocycles. The third-order valence-electron chi connectivity index (χ3n) is 3.72. The maximum atomic E-state index is 6.26. The van der Waals surface area contributed by atoms with Gasteiger partial charge in [0.15, 0.2) is 5.65 Å². The van der Waals surface area contributed by atoms with Crippen LogP contribution in [-0.2, 0) is 12.8 Å². The number of aromatic nitrogens is 2. The maximum Gasteiger partial charge on any atom is 0.156 e. The van der Waals surface area contributed by atoms with Crippen molar-refractivity contribution in [2.45, 2.75) is 19.8 Å². The molecule has 0 aliphatic rings. The highest BCUT2D eigenvalue weighted by Gasteiger charge is 2.14. The highest BCUT2D eigenvalue weighted by atomic mass is 35.5. The van der Waals surface area contributed by atoms with Crippen LogP contribution >= 0.6 is 11.6 Å². The van der Waals surface area contributed by atoms with Crippen molar-refractivity contribution in [1.29, 1.82) is 0 Å². The molecule has 3 aromatic rings. The molecule has 0 aliphatic heterocycles. The van der Waals surface area contributed by atoms with E-state index in [1.54, 1.807) is 0 Å². The minimum absolute atomic E-state index is 0.584. The Morgan fingerprint density at radius 1 is 1.19 bits per heavy atom. The third-order valence-corrected chi connectivity index (χ3v) is 4.01. The molecule has 0 amide bonds. The standard InChI is InChI=1S/C17H18ClN3/c1-2-12-5-7-13(8-6-12)16-15(9-10-19)21-11-3-4-14(18)17(21)20-16/h3-8,11H,2,9-10,19H2,1H3. The molecule has 1 aromatic carbocycles. The van der Waals surface area contributed by atoms with Gasteiger partial charge >= 0.3 is 0 Å². The Balaban J connectivity index is 2.20. The fourth-order valence-corrected chi connectivity index (χ4v) is 2.79. The second-order valence-corrected chi connectivity index (χ2v) is 5.45. The van der Waals surface area contributed by atoms with Gasteiger partial charge in [-0.05, 0) is 30.7 Å². The molecule has 0 atom stereocenters. The van der Waals surface area contributed by atoms with Crippen LogP contribution in [0.25, 0.3) is 16.9 Å². The topological polar surface area (TPSA) is 43.3 Å². The van der Waals surface area contributed by atoms with E-state index in [0.717, 1.165) is 35.4 Å². The van der Waals surface area contributed by atoms with E-state index in [2.05, 4.69) is 31.2 Å². The van der Waals surface area contributed by atoms with E-state index in [4.69, 9.17) is 22.3 Å². The molecule has 3 rings (SSSR count). The molecular weight excluding hydrogens is 282 g/mol. The molecule has 3 nitrogen and oxygen atoms in total. The molecule has 0 radical (unpaired) electrons. The molecule has 108 valence electrons. The first-order valence-corrected chi connectivity index (χ1v) is 7.57. The van der Waals surface area contributed by atoms with Crippen LogP contribution < -0.4 is 5.73 Å². The van der Waals surface area contributed by atoms with Gasteiger partial charge in [0.2, 0.25) is 0 Å². The van der Waals surface area contributed by atoms with Crippen molar-refractivity contribution >= 4 is 17.2 Å². The van der Waals surface area contributed by atoms with Gasteiger partial charge in [-0.2, -0.15) is 0 Å². The number of imidazole rings is 1. The van der Waals surface area contributed by atoms with E-state index in [1.165, 1.54) is 5.56 Å². The molecule has 0 saturated carbocycles.